The minimum atomic E-state index is -3.90. The largest absolute Gasteiger partial charge is 0.419 e. The lowest BCUT2D eigenvalue weighted by Crippen LogP contribution is -2.45. The van der Waals surface area contributed by atoms with Crippen LogP contribution in [-0.4, -0.2) is 42.9 Å². The van der Waals surface area contributed by atoms with Gasteiger partial charge in [-0.3, -0.25) is 9.36 Å². The number of nitrogens with zero attached hydrogens (tertiary/aromatic N) is 2. The lowest BCUT2D eigenvalue weighted by molar-refractivity contribution is -0.131. The molecule has 0 spiro atoms. The quantitative estimate of drug-likeness (QED) is 0.858. The summed E-state index contributed by atoms with van der Waals surface area (Å²) in [5, 5.41) is 0. The molecule has 24 heavy (non-hydrogen) atoms. The number of carbonyl (C=O) groups is 1. The number of hydrogen-bond donors (Lipinski definition) is 1. The molecular formula is C15H19N3O5S. The zero-order valence-electron chi connectivity index (χ0n) is 13.5. The maximum absolute atomic E-state index is 12.5. The Morgan fingerprint density at radius 1 is 1.29 bits per heavy atom. The van der Waals surface area contributed by atoms with Crippen LogP contribution in [0.5, 0.6) is 0 Å². The van der Waals surface area contributed by atoms with Gasteiger partial charge in [-0.25, -0.2) is 13.2 Å². The van der Waals surface area contributed by atoms with Crippen molar-refractivity contribution in [2.75, 3.05) is 13.1 Å². The van der Waals surface area contributed by atoms with Gasteiger partial charge < -0.3 is 9.32 Å². The van der Waals surface area contributed by atoms with E-state index < -0.39 is 21.8 Å². The third-order valence-corrected chi connectivity index (χ3v) is 5.73. The number of likely N-dealkylation sites (tertiary alicyclic amines) is 1. The Balaban J connectivity index is 1.84. The highest BCUT2D eigenvalue weighted by atomic mass is 32.2. The van der Waals surface area contributed by atoms with Crippen LogP contribution in [0.2, 0.25) is 0 Å². The predicted molar refractivity (Wildman–Crippen MR) is 87.1 cm³/mol. The van der Waals surface area contributed by atoms with E-state index in [0.717, 1.165) is 12.8 Å². The van der Waals surface area contributed by atoms with Crippen LogP contribution in [0.4, 0.5) is 0 Å². The number of aromatic nitrogens is 1. The monoisotopic (exact) mass is 353 g/mol. The van der Waals surface area contributed by atoms with E-state index in [9.17, 15) is 18.0 Å². The highest BCUT2D eigenvalue weighted by Crippen LogP contribution is 2.18. The molecule has 1 aromatic heterocycles. The van der Waals surface area contributed by atoms with Crippen molar-refractivity contribution in [2.45, 2.75) is 30.7 Å². The van der Waals surface area contributed by atoms with Gasteiger partial charge in [0.1, 0.15) is 0 Å². The molecule has 1 amide bonds. The zero-order valence-corrected chi connectivity index (χ0v) is 14.3. The minimum absolute atomic E-state index is 0.0505. The maximum Gasteiger partial charge on any atom is 0.419 e. The van der Waals surface area contributed by atoms with Gasteiger partial charge in [-0.1, -0.05) is 0 Å². The fourth-order valence-corrected chi connectivity index (χ4v) is 4.06. The Kier molecular flexibility index (Phi) is 4.22. The van der Waals surface area contributed by atoms with Crippen LogP contribution in [0.3, 0.4) is 0 Å². The van der Waals surface area contributed by atoms with Crippen molar-refractivity contribution in [3.8, 4) is 0 Å². The molecule has 130 valence electrons. The number of carbonyl (C=O) groups excluding carboxylic acids is 1. The summed E-state index contributed by atoms with van der Waals surface area (Å²) in [6.07, 6.45) is 1.88. The SMILES string of the molecule is C[C@H](NS(=O)(=O)c1ccc2c(c1)oc(=O)n2C)C(=O)N1CCCC1. The number of oxazole rings is 1. The number of hydrogen-bond acceptors (Lipinski definition) is 5. The molecule has 3 rings (SSSR count). The van der Waals surface area contributed by atoms with Crippen LogP contribution < -0.4 is 10.5 Å². The topological polar surface area (TPSA) is 102 Å². The van der Waals surface area contributed by atoms with Gasteiger partial charge in [-0.05, 0) is 31.9 Å². The summed E-state index contributed by atoms with van der Waals surface area (Å²) in [5.41, 5.74) is 0.684. The summed E-state index contributed by atoms with van der Waals surface area (Å²) in [7, 11) is -2.36. The number of aryl methyl sites for hydroxylation is 1. The molecule has 0 saturated carbocycles. The Morgan fingerprint density at radius 3 is 2.62 bits per heavy atom. The zero-order chi connectivity index (χ0) is 17.5. The summed E-state index contributed by atoms with van der Waals surface area (Å²) in [4.78, 5) is 25.4. The summed E-state index contributed by atoms with van der Waals surface area (Å²) in [5.74, 6) is -0.798. The Hall–Kier alpha value is -2.13. The van der Waals surface area contributed by atoms with Gasteiger partial charge in [-0.15, -0.1) is 0 Å². The maximum atomic E-state index is 12.5. The smallest absolute Gasteiger partial charge is 0.408 e. The number of benzene rings is 1. The van der Waals surface area contributed by atoms with E-state index in [0.29, 0.717) is 18.6 Å². The highest BCUT2D eigenvalue weighted by molar-refractivity contribution is 7.89. The molecule has 1 atom stereocenters. The van der Waals surface area contributed by atoms with Crippen molar-refractivity contribution in [2.24, 2.45) is 7.05 Å². The van der Waals surface area contributed by atoms with E-state index >= 15 is 0 Å². The molecule has 1 aliphatic heterocycles. The number of fused-ring (bicyclic) bond motifs is 1. The molecule has 1 aromatic carbocycles. The van der Waals surface area contributed by atoms with Crippen molar-refractivity contribution >= 4 is 27.0 Å². The minimum Gasteiger partial charge on any atom is -0.408 e. The van der Waals surface area contributed by atoms with Crippen LogP contribution in [0, 0.1) is 0 Å². The lowest BCUT2D eigenvalue weighted by atomic mass is 10.3. The molecule has 2 aromatic rings. The average molecular weight is 353 g/mol. The number of nitrogens with one attached hydrogen (secondary N) is 1. The average Bonchev–Trinajstić information content (AvgIpc) is 3.15. The van der Waals surface area contributed by atoms with Crippen LogP contribution in [0.1, 0.15) is 19.8 Å². The van der Waals surface area contributed by atoms with E-state index in [1.54, 1.807) is 4.90 Å². The molecule has 8 nitrogen and oxygen atoms in total. The molecular weight excluding hydrogens is 334 g/mol. The van der Waals surface area contributed by atoms with Gasteiger partial charge >= 0.3 is 5.76 Å². The van der Waals surface area contributed by atoms with Gasteiger partial charge in [0, 0.05) is 26.2 Å². The lowest BCUT2D eigenvalue weighted by Gasteiger charge is -2.21. The van der Waals surface area contributed by atoms with Crippen molar-refractivity contribution in [3.05, 3.63) is 28.7 Å². The van der Waals surface area contributed by atoms with Gasteiger partial charge in [0.2, 0.25) is 15.9 Å². The molecule has 1 fully saturated rings. The van der Waals surface area contributed by atoms with E-state index in [2.05, 4.69) is 4.72 Å². The molecule has 1 saturated heterocycles. The van der Waals surface area contributed by atoms with E-state index in [1.165, 1.54) is 36.7 Å². The highest BCUT2D eigenvalue weighted by Gasteiger charge is 2.27. The van der Waals surface area contributed by atoms with E-state index in [1.807, 2.05) is 0 Å². The Morgan fingerprint density at radius 2 is 1.96 bits per heavy atom. The second-order valence-electron chi connectivity index (χ2n) is 5.93. The number of rotatable bonds is 4. The van der Waals surface area contributed by atoms with Crippen LogP contribution in [-0.2, 0) is 21.9 Å². The first-order valence-electron chi connectivity index (χ1n) is 7.70. The van der Waals surface area contributed by atoms with Gasteiger partial charge in [-0.2, -0.15) is 4.72 Å². The standard InChI is InChI=1S/C15H19N3O5S/c1-10(14(19)18-7-3-4-8-18)16-24(21,22)11-5-6-12-13(9-11)23-15(20)17(12)2/h5-6,9-10,16H,3-4,7-8H2,1-2H3/t10-/m0/s1. The Bertz CT molecular complexity index is 938. The predicted octanol–water partition coefficient (Wildman–Crippen LogP) is 0.421. The van der Waals surface area contributed by atoms with E-state index in [4.69, 9.17) is 4.42 Å². The second kappa shape index (κ2) is 6.06. The Labute approximate surface area is 139 Å². The molecule has 0 radical (unpaired) electrons. The molecule has 2 heterocycles. The van der Waals surface area contributed by atoms with Crippen molar-refractivity contribution in [1.82, 2.24) is 14.2 Å². The summed E-state index contributed by atoms with van der Waals surface area (Å²) in [6.45, 7) is 2.84. The summed E-state index contributed by atoms with van der Waals surface area (Å²) in [6, 6.07) is 3.31. The summed E-state index contributed by atoms with van der Waals surface area (Å²) < 4.78 is 33.7. The summed E-state index contributed by atoms with van der Waals surface area (Å²) >= 11 is 0. The fraction of sp³-hybridized carbons (Fsp3) is 0.467. The van der Waals surface area contributed by atoms with Crippen LogP contribution in [0.25, 0.3) is 11.1 Å². The number of sulfonamides is 1. The normalized spacial score (nSPS) is 16.7. The second-order valence-corrected chi connectivity index (χ2v) is 7.65. The number of amides is 1. The van der Waals surface area contributed by atoms with Gasteiger partial charge in [0.25, 0.3) is 0 Å². The van der Waals surface area contributed by atoms with Crippen molar-refractivity contribution in [3.63, 3.8) is 0 Å². The third-order valence-electron chi connectivity index (χ3n) is 4.19. The molecule has 0 bridgehead atoms. The molecule has 1 N–H and O–H groups in total. The van der Waals surface area contributed by atoms with Crippen LogP contribution in [0.15, 0.2) is 32.3 Å². The molecule has 0 unspecified atom stereocenters. The molecule has 9 heteroatoms. The first-order valence-corrected chi connectivity index (χ1v) is 9.18. The first kappa shape index (κ1) is 16.7. The molecule has 1 aliphatic rings. The fourth-order valence-electron chi connectivity index (χ4n) is 2.84. The van der Waals surface area contributed by atoms with Crippen LogP contribution >= 0.6 is 0 Å². The van der Waals surface area contributed by atoms with E-state index in [-0.39, 0.29) is 16.4 Å². The van der Waals surface area contributed by atoms with Crippen molar-refractivity contribution in [1.29, 1.82) is 0 Å². The molecule has 0 aliphatic carbocycles. The first-order chi connectivity index (χ1) is 11.3. The van der Waals surface area contributed by atoms with Gasteiger partial charge in [0.05, 0.1) is 16.5 Å². The van der Waals surface area contributed by atoms with Gasteiger partial charge in [0.15, 0.2) is 5.58 Å². The third kappa shape index (κ3) is 2.96. The van der Waals surface area contributed by atoms with Crippen molar-refractivity contribution < 1.29 is 17.6 Å².